The van der Waals surface area contributed by atoms with Gasteiger partial charge < -0.3 is 0 Å². The average molecular weight is 280 g/mol. The molecule has 0 bridgehead atoms. The maximum atomic E-state index is 12.8. The van der Waals surface area contributed by atoms with Crippen molar-refractivity contribution in [3.05, 3.63) is 69.8 Å². The molecule has 0 atom stereocenters. The third-order valence-corrected chi connectivity index (χ3v) is 3.74. The van der Waals surface area contributed by atoms with Crippen molar-refractivity contribution in [3.63, 3.8) is 0 Å². The fourth-order valence-corrected chi connectivity index (χ4v) is 2.99. The van der Waals surface area contributed by atoms with Gasteiger partial charge in [0.25, 0.3) is 0 Å². The summed E-state index contributed by atoms with van der Waals surface area (Å²) in [5.41, 5.74) is 6.21. The minimum absolute atomic E-state index is 0.135. The molecule has 0 N–H and O–H groups in total. The molecule has 0 fully saturated rings. The van der Waals surface area contributed by atoms with Crippen LogP contribution in [0.3, 0.4) is 0 Å². The van der Waals surface area contributed by atoms with E-state index in [4.69, 9.17) is 0 Å². The van der Waals surface area contributed by atoms with Crippen molar-refractivity contribution < 1.29 is 4.79 Å². The van der Waals surface area contributed by atoms with E-state index in [-0.39, 0.29) is 5.78 Å². The van der Waals surface area contributed by atoms with E-state index in [0.29, 0.717) is 5.92 Å². The van der Waals surface area contributed by atoms with Crippen molar-refractivity contribution in [2.75, 3.05) is 0 Å². The summed E-state index contributed by atoms with van der Waals surface area (Å²) >= 11 is 0. The van der Waals surface area contributed by atoms with Crippen molar-refractivity contribution in [1.29, 1.82) is 0 Å². The Morgan fingerprint density at radius 1 is 1.00 bits per heavy atom. The molecule has 2 aromatic carbocycles. The van der Waals surface area contributed by atoms with E-state index < -0.39 is 0 Å². The van der Waals surface area contributed by atoms with Gasteiger partial charge in [0, 0.05) is 11.1 Å². The zero-order chi connectivity index (χ0) is 15.6. The van der Waals surface area contributed by atoms with Crippen molar-refractivity contribution in [2.45, 2.75) is 41.0 Å². The number of rotatable bonds is 4. The second kappa shape index (κ2) is 6.26. The van der Waals surface area contributed by atoms with Crippen LogP contribution in [0.1, 0.15) is 52.0 Å². The predicted molar refractivity (Wildman–Crippen MR) is 89.1 cm³/mol. The summed E-state index contributed by atoms with van der Waals surface area (Å²) in [5.74, 6) is 0.730. The first-order chi connectivity index (χ1) is 9.88. The van der Waals surface area contributed by atoms with Gasteiger partial charge in [0.05, 0.1) is 0 Å². The lowest BCUT2D eigenvalue weighted by atomic mass is 9.91. The Labute approximate surface area is 128 Å². The van der Waals surface area contributed by atoms with Crippen LogP contribution in [0.25, 0.3) is 0 Å². The molecule has 0 aromatic heterocycles. The fraction of sp³-hybridized carbons (Fsp3) is 0.350. The standard InChI is InChI=1S/C20H24O/c1-13(2)9-17-7-6-8-18(12-17)20(21)19-15(4)10-14(3)11-16(19)5/h6-8,10-13H,9H2,1-5H3. The maximum absolute atomic E-state index is 12.8. The van der Waals surface area contributed by atoms with Crippen LogP contribution in [0.2, 0.25) is 0 Å². The van der Waals surface area contributed by atoms with Crippen LogP contribution in [0.4, 0.5) is 0 Å². The Morgan fingerprint density at radius 2 is 1.62 bits per heavy atom. The monoisotopic (exact) mass is 280 g/mol. The molecule has 2 rings (SSSR count). The molecule has 0 aliphatic heterocycles. The van der Waals surface area contributed by atoms with Crippen LogP contribution < -0.4 is 0 Å². The number of aryl methyl sites for hydroxylation is 3. The molecule has 21 heavy (non-hydrogen) atoms. The molecule has 2 aromatic rings. The highest BCUT2D eigenvalue weighted by molar-refractivity contribution is 6.10. The minimum atomic E-state index is 0.135. The SMILES string of the molecule is Cc1cc(C)c(C(=O)c2cccc(CC(C)C)c2)c(C)c1. The third-order valence-electron chi connectivity index (χ3n) is 3.74. The molecule has 1 heteroatoms. The summed E-state index contributed by atoms with van der Waals surface area (Å²) in [6.45, 7) is 10.5. The molecule has 110 valence electrons. The second-order valence-corrected chi connectivity index (χ2v) is 6.40. The van der Waals surface area contributed by atoms with Gasteiger partial charge in [-0.05, 0) is 55.9 Å². The number of hydrogen-bond acceptors (Lipinski definition) is 1. The Hall–Kier alpha value is -1.89. The van der Waals surface area contributed by atoms with Crippen LogP contribution in [0, 0.1) is 26.7 Å². The van der Waals surface area contributed by atoms with E-state index in [1.165, 1.54) is 11.1 Å². The first-order valence-electron chi connectivity index (χ1n) is 7.60. The molecule has 1 nitrogen and oxygen atoms in total. The van der Waals surface area contributed by atoms with Gasteiger partial charge in [-0.1, -0.05) is 49.7 Å². The minimum Gasteiger partial charge on any atom is -0.289 e. The van der Waals surface area contributed by atoms with E-state index in [9.17, 15) is 4.79 Å². The summed E-state index contributed by atoms with van der Waals surface area (Å²) in [6.07, 6.45) is 1.01. The molecule has 0 spiro atoms. The summed E-state index contributed by atoms with van der Waals surface area (Å²) in [4.78, 5) is 12.8. The van der Waals surface area contributed by atoms with Gasteiger partial charge in [0.2, 0.25) is 0 Å². The molecule has 0 saturated carbocycles. The first kappa shape index (κ1) is 15.5. The smallest absolute Gasteiger partial charge is 0.193 e. The van der Waals surface area contributed by atoms with Gasteiger partial charge in [0.1, 0.15) is 0 Å². The predicted octanol–water partition coefficient (Wildman–Crippen LogP) is 5.04. The van der Waals surface area contributed by atoms with E-state index in [2.05, 4.69) is 39.0 Å². The summed E-state index contributed by atoms with van der Waals surface area (Å²) in [6, 6.07) is 12.2. The molecule has 0 saturated heterocycles. The van der Waals surface area contributed by atoms with E-state index in [0.717, 1.165) is 28.7 Å². The number of benzene rings is 2. The molecule has 0 radical (unpaired) electrons. The maximum Gasteiger partial charge on any atom is 0.193 e. The Morgan fingerprint density at radius 3 is 2.19 bits per heavy atom. The highest BCUT2D eigenvalue weighted by atomic mass is 16.1. The summed E-state index contributed by atoms with van der Waals surface area (Å²) in [7, 11) is 0. The van der Waals surface area contributed by atoms with Crippen LogP contribution in [0.5, 0.6) is 0 Å². The molecule has 0 heterocycles. The van der Waals surface area contributed by atoms with E-state index in [1.807, 2.05) is 32.0 Å². The quantitative estimate of drug-likeness (QED) is 0.717. The van der Waals surface area contributed by atoms with Crippen LogP contribution >= 0.6 is 0 Å². The lowest BCUT2D eigenvalue weighted by Gasteiger charge is -2.12. The Kier molecular flexibility index (Phi) is 4.62. The zero-order valence-electron chi connectivity index (χ0n) is 13.7. The van der Waals surface area contributed by atoms with Gasteiger partial charge in [0.15, 0.2) is 5.78 Å². The topological polar surface area (TPSA) is 17.1 Å². The second-order valence-electron chi connectivity index (χ2n) is 6.40. The van der Waals surface area contributed by atoms with Crippen molar-refractivity contribution in [3.8, 4) is 0 Å². The lowest BCUT2D eigenvalue weighted by molar-refractivity contribution is 0.103. The number of carbonyl (C=O) groups is 1. The summed E-state index contributed by atoms with van der Waals surface area (Å²) < 4.78 is 0. The van der Waals surface area contributed by atoms with Gasteiger partial charge in [-0.2, -0.15) is 0 Å². The lowest BCUT2D eigenvalue weighted by Crippen LogP contribution is -2.07. The zero-order valence-corrected chi connectivity index (χ0v) is 13.7. The largest absolute Gasteiger partial charge is 0.289 e. The van der Waals surface area contributed by atoms with Crippen molar-refractivity contribution >= 4 is 5.78 Å². The first-order valence-corrected chi connectivity index (χ1v) is 7.60. The van der Waals surface area contributed by atoms with Crippen molar-refractivity contribution in [2.24, 2.45) is 5.92 Å². The average Bonchev–Trinajstić information content (AvgIpc) is 2.36. The normalized spacial score (nSPS) is 11.0. The third kappa shape index (κ3) is 3.60. The van der Waals surface area contributed by atoms with Gasteiger partial charge in [-0.25, -0.2) is 0 Å². The Bertz CT molecular complexity index is 642. The molecule has 0 amide bonds. The molecule has 0 aliphatic rings. The van der Waals surface area contributed by atoms with Crippen molar-refractivity contribution in [1.82, 2.24) is 0 Å². The van der Waals surface area contributed by atoms with Gasteiger partial charge in [-0.15, -0.1) is 0 Å². The van der Waals surface area contributed by atoms with E-state index >= 15 is 0 Å². The number of ketones is 1. The highest BCUT2D eigenvalue weighted by Gasteiger charge is 2.15. The number of carbonyl (C=O) groups excluding carboxylic acids is 1. The highest BCUT2D eigenvalue weighted by Crippen LogP contribution is 2.21. The van der Waals surface area contributed by atoms with E-state index in [1.54, 1.807) is 0 Å². The van der Waals surface area contributed by atoms with Crippen LogP contribution in [-0.4, -0.2) is 5.78 Å². The molecular formula is C20H24O. The molecule has 0 unspecified atom stereocenters. The van der Waals surface area contributed by atoms with Gasteiger partial charge >= 0.3 is 0 Å². The molecular weight excluding hydrogens is 256 g/mol. The summed E-state index contributed by atoms with van der Waals surface area (Å²) in [5, 5.41) is 0. The Balaban J connectivity index is 2.41. The molecule has 0 aliphatic carbocycles. The van der Waals surface area contributed by atoms with Crippen LogP contribution in [-0.2, 0) is 6.42 Å². The number of hydrogen-bond donors (Lipinski definition) is 0. The fourth-order valence-electron chi connectivity index (χ4n) is 2.99. The van der Waals surface area contributed by atoms with Crippen LogP contribution in [0.15, 0.2) is 36.4 Å². The van der Waals surface area contributed by atoms with Gasteiger partial charge in [-0.3, -0.25) is 4.79 Å².